The Hall–Kier alpha value is -4.44. The second-order valence-corrected chi connectivity index (χ2v) is 9.58. The van der Waals surface area contributed by atoms with E-state index in [9.17, 15) is 14.4 Å². The fraction of sp³-hybridized carbons (Fsp3) is 0.276. The number of alkyl halides is 1. The average molecular weight is 563 g/mol. The Morgan fingerprint density at radius 1 is 1.20 bits per heavy atom. The lowest BCUT2D eigenvalue weighted by Crippen LogP contribution is -2.46. The molecule has 0 fully saturated rings. The molecule has 0 spiro atoms. The van der Waals surface area contributed by atoms with Gasteiger partial charge in [-0.25, -0.2) is 4.79 Å². The maximum absolute atomic E-state index is 13.5. The summed E-state index contributed by atoms with van der Waals surface area (Å²) in [4.78, 5) is 45.4. The summed E-state index contributed by atoms with van der Waals surface area (Å²) in [5.41, 5.74) is 1.38. The first-order valence-corrected chi connectivity index (χ1v) is 13.3. The van der Waals surface area contributed by atoms with E-state index in [4.69, 9.17) is 16.6 Å². The van der Waals surface area contributed by atoms with Crippen molar-refractivity contribution in [2.75, 3.05) is 17.7 Å². The van der Waals surface area contributed by atoms with E-state index >= 15 is 0 Å². The molecule has 11 heteroatoms. The Morgan fingerprint density at radius 3 is 2.83 bits per heavy atom. The minimum atomic E-state index is -0.649. The number of rotatable bonds is 11. The zero-order chi connectivity index (χ0) is 28.5. The Balaban J connectivity index is 1.63. The molecule has 1 aromatic heterocycles. The molecule has 0 radical (unpaired) electrons. The van der Waals surface area contributed by atoms with Gasteiger partial charge in [0.25, 0.3) is 5.91 Å². The monoisotopic (exact) mass is 562 g/mol. The predicted molar refractivity (Wildman–Crippen MR) is 157 cm³/mol. The first-order valence-electron chi connectivity index (χ1n) is 12.9. The lowest BCUT2D eigenvalue weighted by atomic mass is 10.0. The summed E-state index contributed by atoms with van der Waals surface area (Å²) in [5.74, 6) is 0.279. The lowest BCUT2D eigenvalue weighted by molar-refractivity contribution is -0.105. The third kappa shape index (κ3) is 6.76. The lowest BCUT2D eigenvalue weighted by Gasteiger charge is -2.19. The van der Waals surface area contributed by atoms with Gasteiger partial charge in [0.15, 0.2) is 0 Å². The number of halogens is 1. The highest BCUT2D eigenvalue weighted by Gasteiger charge is 2.34. The first kappa shape index (κ1) is 28.6. The standard InChI is InChI=1S/C29H31ClN6O4/c1-3-4-5-6-10-23(34-28(38)21-9-7-8-18-16-31-14-13-20(18)21)27-35-25(26(30)36-27)22-12-11-19(33-29(39)40-2)15-24(22)32-17-37/h5-9,11-17,23,25-26H,3-4,10H2,1-2H3,(H,32,37)(H,33,39)(H,34,38)(H,35,36)/b6-5+/t23-,25?,26?/m0/s1. The number of aromatic nitrogens is 1. The quantitative estimate of drug-likeness (QED) is 0.111. The van der Waals surface area contributed by atoms with Crippen LogP contribution in [0.2, 0.25) is 0 Å². The van der Waals surface area contributed by atoms with Crippen LogP contribution >= 0.6 is 11.6 Å². The second kappa shape index (κ2) is 13.6. The van der Waals surface area contributed by atoms with Crippen molar-refractivity contribution in [3.05, 3.63) is 78.1 Å². The maximum Gasteiger partial charge on any atom is 0.411 e. The molecular formula is C29H31ClN6O4. The van der Waals surface area contributed by atoms with E-state index in [1.807, 2.05) is 24.3 Å². The topological polar surface area (TPSA) is 134 Å². The summed E-state index contributed by atoms with van der Waals surface area (Å²) in [6.07, 6.45) is 9.81. The zero-order valence-corrected chi connectivity index (χ0v) is 22.9. The summed E-state index contributed by atoms with van der Waals surface area (Å²) < 4.78 is 4.64. The molecule has 0 bridgehead atoms. The van der Waals surface area contributed by atoms with Crippen molar-refractivity contribution in [1.29, 1.82) is 0 Å². The van der Waals surface area contributed by atoms with E-state index in [1.54, 1.807) is 36.7 Å². The normalized spacial score (nSPS) is 17.1. The summed E-state index contributed by atoms with van der Waals surface area (Å²) in [6.45, 7) is 2.10. The fourth-order valence-corrected chi connectivity index (χ4v) is 4.76. The number of allylic oxidation sites excluding steroid dienone is 1. The molecule has 208 valence electrons. The van der Waals surface area contributed by atoms with Crippen LogP contribution in [-0.4, -0.2) is 47.9 Å². The number of unbranched alkanes of at least 4 members (excludes halogenated alkanes) is 1. The molecular weight excluding hydrogens is 532 g/mol. The van der Waals surface area contributed by atoms with Crippen molar-refractivity contribution in [3.63, 3.8) is 0 Å². The van der Waals surface area contributed by atoms with Crippen molar-refractivity contribution in [2.45, 2.75) is 43.8 Å². The Labute approximate surface area is 237 Å². The van der Waals surface area contributed by atoms with Crippen LogP contribution in [0.4, 0.5) is 16.2 Å². The van der Waals surface area contributed by atoms with Gasteiger partial charge in [-0.3, -0.25) is 24.9 Å². The van der Waals surface area contributed by atoms with Crippen molar-refractivity contribution < 1.29 is 19.1 Å². The summed E-state index contributed by atoms with van der Waals surface area (Å²) in [6, 6.07) is 11.3. The van der Waals surface area contributed by atoms with Gasteiger partial charge in [-0.1, -0.05) is 55.3 Å². The van der Waals surface area contributed by atoms with Gasteiger partial charge in [0.1, 0.15) is 17.4 Å². The number of fused-ring (bicyclic) bond motifs is 1. The van der Waals surface area contributed by atoms with E-state index < -0.39 is 23.7 Å². The van der Waals surface area contributed by atoms with Gasteiger partial charge in [-0.15, -0.1) is 0 Å². The Bertz CT molecular complexity index is 1440. The van der Waals surface area contributed by atoms with Gasteiger partial charge in [0.05, 0.1) is 13.2 Å². The number of carbonyl (C=O) groups excluding carboxylic acids is 3. The molecule has 4 N–H and O–H groups in total. The molecule has 1 aliphatic heterocycles. The molecule has 3 atom stereocenters. The molecule has 4 rings (SSSR count). The van der Waals surface area contributed by atoms with Crippen LogP contribution in [0.15, 0.2) is 72.0 Å². The molecule has 0 saturated heterocycles. The molecule has 2 unspecified atom stereocenters. The van der Waals surface area contributed by atoms with Crippen molar-refractivity contribution in [1.82, 2.24) is 15.6 Å². The smallest absolute Gasteiger partial charge is 0.411 e. The third-order valence-electron chi connectivity index (χ3n) is 6.41. The Morgan fingerprint density at radius 2 is 2.05 bits per heavy atom. The van der Waals surface area contributed by atoms with E-state index in [0.717, 1.165) is 23.6 Å². The molecule has 3 amide bonds. The number of hydrogen-bond donors (Lipinski definition) is 4. The van der Waals surface area contributed by atoms with Crippen LogP contribution in [0.3, 0.4) is 0 Å². The number of anilines is 2. The fourth-order valence-electron chi connectivity index (χ4n) is 4.45. The minimum absolute atomic E-state index is 0.244. The molecule has 40 heavy (non-hydrogen) atoms. The number of hydrogen-bond acceptors (Lipinski definition) is 7. The Kier molecular flexibility index (Phi) is 9.69. The maximum atomic E-state index is 13.5. The van der Waals surface area contributed by atoms with E-state index in [-0.39, 0.29) is 5.91 Å². The summed E-state index contributed by atoms with van der Waals surface area (Å²) >= 11 is 6.72. The van der Waals surface area contributed by atoms with Crippen LogP contribution in [0.1, 0.15) is 48.1 Å². The van der Waals surface area contributed by atoms with Gasteiger partial charge in [-0.2, -0.15) is 0 Å². The number of pyridine rings is 1. The zero-order valence-electron chi connectivity index (χ0n) is 22.2. The average Bonchev–Trinajstić information content (AvgIpc) is 3.35. The van der Waals surface area contributed by atoms with Gasteiger partial charge in [-0.05, 0) is 42.5 Å². The van der Waals surface area contributed by atoms with Crippen molar-refractivity contribution in [2.24, 2.45) is 4.99 Å². The largest absolute Gasteiger partial charge is 0.453 e. The number of benzene rings is 2. The third-order valence-corrected chi connectivity index (χ3v) is 6.76. The number of amides is 3. The second-order valence-electron chi connectivity index (χ2n) is 9.11. The number of amidine groups is 1. The van der Waals surface area contributed by atoms with Crippen molar-refractivity contribution in [3.8, 4) is 0 Å². The van der Waals surface area contributed by atoms with Gasteiger partial charge >= 0.3 is 6.09 Å². The van der Waals surface area contributed by atoms with Crippen LogP contribution in [0.5, 0.6) is 0 Å². The molecule has 0 aliphatic carbocycles. The molecule has 1 aliphatic rings. The first-order chi connectivity index (χ1) is 19.4. The molecule has 3 aromatic rings. The number of aliphatic imine (C=N–C) groups is 1. The molecule has 10 nitrogen and oxygen atoms in total. The van der Waals surface area contributed by atoms with E-state index in [1.165, 1.54) is 7.11 Å². The van der Waals surface area contributed by atoms with E-state index in [0.29, 0.717) is 41.2 Å². The van der Waals surface area contributed by atoms with E-state index in [2.05, 4.69) is 44.0 Å². The number of ether oxygens (including phenoxy) is 1. The van der Waals surface area contributed by atoms with Crippen LogP contribution in [-0.2, 0) is 9.53 Å². The van der Waals surface area contributed by atoms with Gasteiger partial charge in [0, 0.05) is 40.3 Å². The minimum Gasteiger partial charge on any atom is -0.453 e. The van der Waals surface area contributed by atoms with Crippen molar-refractivity contribution >= 4 is 58.0 Å². The number of methoxy groups -OCH3 is 1. The highest BCUT2D eigenvalue weighted by molar-refractivity contribution is 6.23. The van der Waals surface area contributed by atoms with Gasteiger partial charge in [0.2, 0.25) is 6.41 Å². The highest BCUT2D eigenvalue weighted by atomic mass is 35.5. The predicted octanol–water partition coefficient (Wildman–Crippen LogP) is 5.13. The molecule has 2 heterocycles. The highest BCUT2D eigenvalue weighted by Crippen LogP contribution is 2.35. The van der Waals surface area contributed by atoms with Gasteiger partial charge < -0.3 is 20.7 Å². The number of nitrogens with one attached hydrogen (secondary N) is 4. The summed E-state index contributed by atoms with van der Waals surface area (Å²) in [7, 11) is 1.26. The van der Waals surface area contributed by atoms with Crippen LogP contribution in [0, 0.1) is 0 Å². The number of carbonyl (C=O) groups is 3. The molecule has 0 saturated carbocycles. The van der Waals surface area contributed by atoms with Crippen LogP contribution < -0.4 is 21.3 Å². The SMILES string of the molecule is CCC/C=C/C[C@H](NC(=O)c1cccc2cnccc12)C1=NC(c2ccc(NC(=O)OC)cc2NC=O)C(Cl)N1. The summed E-state index contributed by atoms with van der Waals surface area (Å²) in [5, 5.41) is 13.2. The molecule has 2 aromatic carbocycles. The number of nitrogens with zero attached hydrogens (tertiary/aromatic N) is 2. The van der Waals surface area contributed by atoms with Crippen LogP contribution in [0.25, 0.3) is 10.8 Å².